The van der Waals surface area contributed by atoms with Gasteiger partial charge in [0, 0.05) is 17.4 Å². The molecule has 4 rings (SSSR count). The van der Waals surface area contributed by atoms with Crippen molar-refractivity contribution >= 4 is 32.8 Å². The van der Waals surface area contributed by atoms with E-state index in [1.807, 2.05) is 0 Å². The van der Waals surface area contributed by atoms with Crippen LogP contribution in [0.3, 0.4) is 0 Å². The normalized spacial score (nSPS) is 16.6. The second-order valence-electron chi connectivity index (χ2n) is 9.18. The third-order valence-electron chi connectivity index (χ3n) is 6.47. The van der Waals surface area contributed by atoms with E-state index >= 15 is 0 Å². The van der Waals surface area contributed by atoms with Gasteiger partial charge in [-0.05, 0) is 63.5 Å². The molecule has 10 heteroatoms. The van der Waals surface area contributed by atoms with E-state index in [4.69, 9.17) is 0 Å². The number of carbonyl (C=O) groups is 1. The first-order chi connectivity index (χ1) is 15.5. The Bertz CT molecular complexity index is 1290. The first-order valence-electron chi connectivity index (χ1n) is 11.0. The molecule has 1 aromatic heterocycles. The molecular formula is C23H29N4O4S2+. The number of aliphatic hydroxyl groups excluding tert-OH is 1. The topological polar surface area (TPSA) is 126 Å². The van der Waals surface area contributed by atoms with Crippen LogP contribution < -0.4 is 5.32 Å². The number of hydrogen-bond acceptors (Lipinski definition) is 7. The molecule has 2 aliphatic carbocycles. The molecule has 0 saturated carbocycles. The summed E-state index contributed by atoms with van der Waals surface area (Å²) < 4.78 is 15.2. The summed E-state index contributed by atoms with van der Waals surface area (Å²) in [5.41, 5.74) is 4.60. The minimum absolute atomic E-state index is 0.199. The molecule has 3 N–H and O–H groups in total. The minimum atomic E-state index is -3.08. The van der Waals surface area contributed by atoms with E-state index in [0.717, 1.165) is 87.3 Å². The molecule has 0 radical (unpaired) electrons. The fraction of sp³-hybridized carbons (Fsp3) is 0.522. The lowest BCUT2D eigenvalue weighted by molar-refractivity contribution is -0.363. The van der Waals surface area contributed by atoms with E-state index in [-0.39, 0.29) is 9.90 Å². The summed E-state index contributed by atoms with van der Waals surface area (Å²) in [5.74, 6) is 0. The summed E-state index contributed by atoms with van der Waals surface area (Å²) in [6.45, 7) is 2.69. The Morgan fingerprint density at radius 1 is 1.21 bits per heavy atom. The predicted octanol–water partition coefficient (Wildman–Crippen LogP) is 3.04. The lowest BCUT2D eigenvalue weighted by Gasteiger charge is -2.14. The van der Waals surface area contributed by atoms with Crippen LogP contribution in [0.5, 0.6) is 0 Å². The number of amides is 2. The van der Waals surface area contributed by atoms with Gasteiger partial charge in [-0.1, -0.05) is 0 Å². The van der Waals surface area contributed by atoms with Crippen LogP contribution in [0.1, 0.15) is 65.2 Å². The van der Waals surface area contributed by atoms with Gasteiger partial charge in [0.05, 0.1) is 31.0 Å². The number of benzene rings is 1. The van der Waals surface area contributed by atoms with Crippen LogP contribution in [-0.4, -0.2) is 42.7 Å². The van der Waals surface area contributed by atoms with Crippen molar-refractivity contribution in [2.75, 3.05) is 18.6 Å². The van der Waals surface area contributed by atoms with Crippen molar-refractivity contribution < 1.29 is 23.2 Å². The van der Waals surface area contributed by atoms with Gasteiger partial charge in [-0.15, -0.1) is 15.3 Å². The molecule has 8 nitrogen and oxygen atoms in total. The molecule has 1 heterocycles. The Morgan fingerprint density at radius 3 is 2.24 bits per heavy atom. The van der Waals surface area contributed by atoms with Gasteiger partial charge in [-0.3, -0.25) is 0 Å². The molecule has 0 aliphatic heterocycles. The maximum Gasteiger partial charge on any atom is 0.504 e. The van der Waals surface area contributed by atoms with E-state index in [0.29, 0.717) is 5.01 Å². The molecule has 2 aromatic rings. The van der Waals surface area contributed by atoms with Gasteiger partial charge in [-0.25, -0.2) is 14.5 Å². The predicted molar refractivity (Wildman–Crippen MR) is 126 cm³/mol. The fourth-order valence-electron chi connectivity index (χ4n) is 4.70. The molecule has 33 heavy (non-hydrogen) atoms. The lowest BCUT2D eigenvalue weighted by Crippen LogP contribution is -2.29. The molecule has 1 unspecified atom stereocenters. The first-order valence-corrected chi connectivity index (χ1v) is 13.7. The average Bonchev–Trinajstić information content (AvgIpc) is 3.50. The Labute approximate surface area is 198 Å². The monoisotopic (exact) mass is 489 g/mol. The molecule has 0 saturated heterocycles. The summed E-state index contributed by atoms with van der Waals surface area (Å²) >= 11 is 1.04. The van der Waals surface area contributed by atoms with Crippen LogP contribution in [-0.2, 0) is 47.6 Å². The zero-order valence-corrected chi connectivity index (χ0v) is 21.0. The number of urea groups is 1. The van der Waals surface area contributed by atoms with Crippen LogP contribution in [0.15, 0.2) is 4.21 Å². The van der Waals surface area contributed by atoms with Crippen molar-refractivity contribution in [1.29, 1.82) is 5.26 Å². The maximum absolute atomic E-state index is 13.8. The average molecular weight is 490 g/mol. The number of hydrogen-bond donors (Lipinski definition) is 3. The Morgan fingerprint density at radius 2 is 1.76 bits per heavy atom. The fourth-order valence-corrected chi connectivity index (χ4v) is 7.86. The summed E-state index contributed by atoms with van der Waals surface area (Å²) in [6.07, 6.45) is 6.59. The second-order valence-corrected chi connectivity index (χ2v) is 13.0. The van der Waals surface area contributed by atoms with Gasteiger partial charge in [0.25, 0.3) is 0 Å². The number of carbonyl (C=O) groups excluding carboxylic acids is 1. The van der Waals surface area contributed by atoms with E-state index in [1.165, 1.54) is 13.3 Å². The van der Waals surface area contributed by atoms with Crippen LogP contribution in [0.4, 0.5) is 10.5 Å². The van der Waals surface area contributed by atoms with Crippen LogP contribution in [0.25, 0.3) is 0 Å². The van der Waals surface area contributed by atoms with Gasteiger partial charge < -0.3 is 10.2 Å². The van der Waals surface area contributed by atoms with Crippen molar-refractivity contribution in [2.45, 2.75) is 68.8 Å². The zero-order chi connectivity index (χ0) is 24.1. The number of nitrogens with zero attached hydrogens (tertiary/aromatic N) is 3. The van der Waals surface area contributed by atoms with E-state index in [9.17, 15) is 24.5 Å². The number of nitriles is 1. The Hall–Kier alpha value is -2.32. The standard InChI is InChI=1S/C23H28N4O4S2/c1-23(2,30)21-25-18(12-28)20(32-21)33(4,31)27(3)22(29)26-19-15-9-5-7-13(15)17(11-24)14-8-6-10-16(14)19/h28,30H,5-10,12H2,1-4H3/p+1. The number of anilines is 1. The van der Waals surface area contributed by atoms with Gasteiger partial charge in [0.2, 0.25) is 0 Å². The number of aromatic nitrogens is 1. The second kappa shape index (κ2) is 8.47. The van der Waals surface area contributed by atoms with E-state index in [1.54, 1.807) is 13.8 Å². The molecule has 1 aromatic carbocycles. The highest BCUT2D eigenvalue weighted by Crippen LogP contribution is 2.41. The Balaban J connectivity index is 1.79. The quantitative estimate of drug-likeness (QED) is 0.567. The van der Waals surface area contributed by atoms with Crippen molar-refractivity contribution in [3.8, 4) is 6.07 Å². The minimum Gasteiger partial charge on any atom is -0.390 e. The van der Waals surface area contributed by atoms with Crippen LogP contribution >= 0.6 is 11.3 Å². The van der Waals surface area contributed by atoms with Crippen molar-refractivity contribution in [3.63, 3.8) is 0 Å². The summed E-state index contributed by atoms with van der Waals surface area (Å²) in [4.78, 5) is 17.6. The smallest absolute Gasteiger partial charge is 0.390 e. The van der Waals surface area contributed by atoms with Gasteiger partial charge >= 0.3 is 6.03 Å². The van der Waals surface area contributed by atoms with Crippen molar-refractivity contribution in [1.82, 2.24) is 4.98 Å². The van der Waals surface area contributed by atoms with Crippen molar-refractivity contribution in [3.05, 3.63) is 38.5 Å². The number of thiazole rings is 1. The van der Waals surface area contributed by atoms with E-state index in [2.05, 4.69) is 16.4 Å². The number of fused-ring (bicyclic) bond motifs is 2. The summed E-state index contributed by atoms with van der Waals surface area (Å²) in [7, 11) is -1.61. The number of nitrogens with one attached hydrogen (secondary N) is 1. The SMILES string of the molecule is C[N+](C(=O)Nc1c2c(c(C#N)c3c1CCC3)CCC2)=S(C)(=O)c1sc(C(C)(C)O)nc1CO. The molecule has 2 amide bonds. The molecule has 176 valence electrons. The highest BCUT2D eigenvalue weighted by atomic mass is 32.2. The summed E-state index contributed by atoms with van der Waals surface area (Å²) in [6, 6.07) is 1.87. The summed E-state index contributed by atoms with van der Waals surface area (Å²) in [5, 5.41) is 33.2. The molecule has 2 aliphatic rings. The van der Waals surface area contributed by atoms with Gasteiger partial charge in [0.15, 0.2) is 0 Å². The molecule has 1 atom stereocenters. The molecule has 0 bridgehead atoms. The zero-order valence-electron chi connectivity index (χ0n) is 19.3. The van der Waals surface area contributed by atoms with Crippen LogP contribution in [0.2, 0.25) is 0 Å². The number of aliphatic hydroxyl groups is 2. The van der Waals surface area contributed by atoms with Gasteiger partial charge in [-0.2, -0.15) is 10.1 Å². The molecule has 0 fully saturated rings. The molecule has 0 spiro atoms. The lowest BCUT2D eigenvalue weighted by atomic mass is 9.93. The number of rotatable bonds is 4. The van der Waals surface area contributed by atoms with E-state index < -0.39 is 28.0 Å². The largest absolute Gasteiger partial charge is 0.504 e. The Kier molecular flexibility index (Phi) is 6.12. The van der Waals surface area contributed by atoms with Gasteiger partial charge in [0.1, 0.15) is 30.2 Å². The maximum atomic E-state index is 13.8. The highest BCUT2D eigenvalue weighted by Gasteiger charge is 2.34. The highest BCUT2D eigenvalue weighted by molar-refractivity contribution is 7.92. The molecular weight excluding hydrogens is 460 g/mol. The van der Waals surface area contributed by atoms with Crippen molar-refractivity contribution in [2.24, 2.45) is 0 Å². The third-order valence-corrected chi connectivity index (χ3v) is 11.0. The third kappa shape index (κ3) is 3.97. The first kappa shape index (κ1) is 23.8. The van der Waals surface area contributed by atoms with Crippen LogP contribution in [0, 0.1) is 11.3 Å².